The van der Waals surface area contributed by atoms with Crippen molar-refractivity contribution in [3.8, 4) is 0 Å². The fourth-order valence-corrected chi connectivity index (χ4v) is 1.82. The number of urea groups is 1. The number of benzene rings is 1. The molecule has 1 aromatic carbocycles. The van der Waals surface area contributed by atoms with Crippen molar-refractivity contribution >= 4 is 35.2 Å². The molecule has 0 bridgehead atoms. The summed E-state index contributed by atoms with van der Waals surface area (Å²) < 4.78 is 0. The van der Waals surface area contributed by atoms with Crippen LogP contribution in [0.3, 0.4) is 0 Å². The number of nitrogens with one attached hydrogen (secondary N) is 3. The van der Waals surface area contributed by atoms with Crippen LogP contribution < -0.4 is 16.0 Å². The van der Waals surface area contributed by atoms with Crippen molar-refractivity contribution in [3.63, 3.8) is 0 Å². The molecule has 0 unspecified atom stereocenters. The number of hydrogen-bond donors (Lipinski definition) is 4. The average Bonchev–Trinajstić information content (AvgIpc) is 2.38. The maximum atomic E-state index is 12.1. The van der Waals surface area contributed by atoms with Crippen LogP contribution in [-0.2, 0) is 4.79 Å². The number of amides is 3. The van der Waals surface area contributed by atoms with Crippen LogP contribution >= 0.6 is 11.6 Å². The molecule has 4 N–H and O–H groups in total. The van der Waals surface area contributed by atoms with E-state index in [0.717, 1.165) is 0 Å². The van der Waals surface area contributed by atoms with Crippen LogP contribution in [0.4, 0.5) is 10.5 Å². The van der Waals surface area contributed by atoms with E-state index in [1.54, 1.807) is 6.07 Å². The van der Waals surface area contributed by atoms with Gasteiger partial charge in [0.1, 0.15) is 6.04 Å². The Morgan fingerprint density at radius 1 is 1.22 bits per heavy atom. The molecule has 0 aliphatic rings. The summed E-state index contributed by atoms with van der Waals surface area (Å²) in [5, 5.41) is 16.6. The Labute approximate surface area is 139 Å². The van der Waals surface area contributed by atoms with Crippen LogP contribution in [0.2, 0.25) is 5.02 Å². The summed E-state index contributed by atoms with van der Waals surface area (Å²) in [4.78, 5) is 34.7. The summed E-state index contributed by atoms with van der Waals surface area (Å²) in [5.41, 5.74) is 0.0331. The normalized spacial score (nSPS) is 12.2. The molecule has 0 radical (unpaired) electrons. The molecule has 126 valence electrons. The Morgan fingerprint density at radius 3 is 2.35 bits per heavy atom. The summed E-state index contributed by atoms with van der Waals surface area (Å²) in [6, 6.07) is 2.90. The maximum absolute atomic E-state index is 12.1. The predicted molar refractivity (Wildman–Crippen MR) is 87.9 cm³/mol. The summed E-state index contributed by atoms with van der Waals surface area (Å²) in [6.07, 6.45) is 0. The summed E-state index contributed by atoms with van der Waals surface area (Å²) in [5.74, 6) is -1.79. The van der Waals surface area contributed by atoms with Gasteiger partial charge in [-0.3, -0.25) is 9.59 Å². The number of aliphatic carboxylic acids is 1. The van der Waals surface area contributed by atoms with E-state index >= 15 is 0 Å². The second-order valence-corrected chi connectivity index (χ2v) is 6.46. The quantitative estimate of drug-likeness (QED) is 0.674. The SMILES string of the molecule is C[C@@H](NC(=O)c1cc(NC(=O)NC(C)(C)C)ccc1Cl)C(=O)O. The second-order valence-electron chi connectivity index (χ2n) is 6.06. The van der Waals surface area contributed by atoms with Gasteiger partial charge in [0.2, 0.25) is 0 Å². The first-order chi connectivity index (χ1) is 10.5. The maximum Gasteiger partial charge on any atom is 0.325 e. The van der Waals surface area contributed by atoms with Crippen LogP contribution in [0.25, 0.3) is 0 Å². The Kier molecular flexibility index (Phi) is 5.98. The zero-order valence-corrected chi connectivity index (χ0v) is 14.1. The van der Waals surface area contributed by atoms with E-state index in [1.807, 2.05) is 20.8 Å². The lowest BCUT2D eigenvalue weighted by atomic mass is 10.1. The standard InChI is InChI=1S/C15H20ClN3O4/c1-8(13(21)22)17-12(20)10-7-9(5-6-11(10)16)18-14(23)19-15(2,3)4/h5-8H,1-4H3,(H,17,20)(H,21,22)(H2,18,19,23)/t8-/m1/s1. The molecule has 0 saturated heterocycles. The lowest BCUT2D eigenvalue weighted by Gasteiger charge is -2.21. The van der Waals surface area contributed by atoms with Gasteiger partial charge in [-0.15, -0.1) is 0 Å². The molecule has 7 nitrogen and oxygen atoms in total. The molecule has 1 aromatic rings. The molecule has 0 spiro atoms. The smallest absolute Gasteiger partial charge is 0.325 e. The molecule has 0 aliphatic carbocycles. The van der Waals surface area contributed by atoms with Crippen molar-refractivity contribution in [2.24, 2.45) is 0 Å². The zero-order valence-electron chi connectivity index (χ0n) is 13.4. The number of carboxylic acids is 1. The molecule has 0 aromatic heterocycles. The highest BCUT2D eigenvalue weighted by Gasteiger charge is 2.19. The third-order valence-corrected chi connectivity index (χ3v) is 3.01. The highest BCUT2D eigenvalue weighted by molar-refractivity contribution is 6.34. The number of carbonyl (C=O) groups is 3. The molecular weight excluding hydrogens is 322 g/mol. The number of carboxylic acid groups (broad SMARTS) is 1. The van der Waals surface area contributed by atoms with Gasteiger partial charge in [0.05, 0.1) is 10.6 Å². The predicted octanol–water partition coefficient (Wildman–Crippen LogP) is 2.46. The van der Waals surface area contributed by atoms with Crippen LogP contribution in [0.5, 0.6) is 0 Å². The lowest BCUT2D eigenvalue weighted by Crippen LogP contribution is -2.43. The first-order valence-electron chi connectivity index (χ1n) is 6.92. The minimum Gasteiger partial charge on any atom is -0.480 e. The van der Waals surface area contributed by atoms with Crippen molar-refractivity contribution in [2.45, 2.75) is 39.3 Å². The van der Waals surface area contributed by atoms with Crippen molar-refractivity contribution in [3.05, 3.63) is 28.8 Å². The van der Waals surface area contributed by atoms with Gasteiger partial charge in [-0.1, -0.05) is 11.6 Å². The van der Waals surface area contributed by atoms with E-state index in [4.69, 9.17) is 16.7 Å². The van der Waals surface area contributed by atoms with Gasteiger partial charge in [0, 0.05) is 11.2 Å². The number of hydrogen-bond acceptors (Lipinski definition) is 3. The lowest BCUT2D eigenvalue weighted by molar-refractivity contribution is -0.138. The van der Waals surface area contributed by atoms with Crippen LogP contribution in [-0.4, -0.2) is 34.6 Å². The largest absolute Gasteiger partial charge is 0.480 e. The third kappa shape index (κ3) is 6.15. The first-order valence-corrected chi connectivity index (χ1v) is 7.30. The van der Waals surface area contributed by atoms with Crippen LogP contribution in [0.1, 0.15) is 38.1 Å². The van der Waals surface area contributed by atoms with Crippen molar-refractivity contribution in [1.82, 2.24) is 10.6 Å². The molecule has 3 amide bonds. The Bertz CT molecular complexity index is 626. The van der Waals surface area contributed by atoms with Gasteiger partial charge in [0.25, 0.3) is 5.91 Å². The molecule has 8 heteroatoms. The van der Waals surface area contributed by atoms with Crippen molar-refractivity contribution in [1.29, 1.82) is 0 Å². The highest BCUT2D eigenvalue weighted by Crippen LogP contribution is 2.21. The van der Waals surface area contributed by atoms with Gasteiger partial charge < -0.3 is 21.1 Å². The fraction of sp³-hybridized carbons (Fsp3) is 0.400. The van der Waals surface area contributed by atoms with E-state index in [2.05, 4.69) is 16.0 Å². The highest BCUT2D eigenvalue weighted by atomic mass is 35.5. The molecule has 1 atom stereocenters. The summed E-state index contributed by atoms with van der Waals surface area (Å²) >= 11 is 5.96. The average molecular weight is 342 g/mol. The molecular formula is C15H20ClN3O4. The molecule has 0 saturated carbocycles. The monoisotopic (exact) mass is 341 g/mol. The van der Waals surface area contributed by atoms with Crippen LogP contribution in [0.15, 0.2) is 18.2 Å². The molecule has 1 rings (SSSR count). The van der Waals surface area contributed by atoms with E-state index < -0.39 is 29.5 Å². The Morgan fingerprint density at radius 2 is 1.83 bits per heavy atom. The zero-order chi connectivity index (χ0) is 17.8. The molecule has 0 fully saturated rings. The first kappa shape index (κ1) is 18.8. The molecule has 23 heavy (non-hydrogen) atoms. The number of anilines is 1. The summed E-state index contributed by atoms with van der Waals surface area (Å²) in [6.45, 7) is 6.84. The number of rotatable bonds is 4. The Balaban J connectivity index is 2.89. The van der Waals surface area contributed by atoms with Gasteiger partial charge in [0.15, 0.2) is 0 Å². The Hall–Kier alpha value is -2.28. The third-order valence-electron chi connectivity index (χ3n) is 2.68. The van der Waals surface area contributed by atoms with E-state index in [-0.39, 0.29) is 10.6 Å². The van der Waals surface area contributed by atoms with E-state index in [9.17, 15) is 14.4 Å². The second kappa shape index (κ2) is 7.32. The van der Waals surface area contributed by atoms with E-state index in [1.165, 1.54) is 19.1 Å². The fourth-order valence-electron chi connectivity index (χ4n) is 1.62. The topological polar surface area (TPSA) is 108 Å². The minimum atomic E-state index is -1.16. The summed E-state index contributed by atoms with van der Waals surface area (Å²) in [7, 11) is 0. The number of halogens is 1. The van der Waals surface area contributed by atoms with Gasteiger partial charge in [-0.25, -0.2) is 4.79 Å². The molecule has 0 aliphatic heterocycles. The van der Waals surface area contributed by atoms with E-state index in [0.29, 0.717) is 5.69 Å². The van der Waals surface area contributed by atoms with Gasteiger partial charge >= 0.3 is 12.0 Å². The minimum absolute atomic E-state index is 0.0772. The number of carbonyl (C=O) groups excluding carboxylic acids is 2. The van der Waals surface area contributed by atoms with Gasteiger partial charge in [-0.2, -0.15) is 0 Å². The molecule has 0 heterocycles. The van der Waals surface area contributed by atoms with Crippen LogP contribution in [0, 0.1) is 0 Å². The van der Waals surface area contributed by atoms with Gasteiger partial charge in [-0.05, 0) is 45.9 Å². The van der Waals surface area contributed by atoms with Crippen molar-refractivity contribution < 1.29 is 19.5 Å². The van der Waals surface area contributed by atoms with Crippen molar-refractivity contribution in [2.75, 3.05) is 5.32 Å².